The molecule has 140 valence electrons. The van der Waals surface area contributed by atoms with Crippen molar-refractivity contribution in [1.29, 1.82) is 0 Å². The number of hydrogen-bond acceptors (Lipinski definition) is 1. The molecule has 3 rings (SSSR count). The predicted octanol–water partition coefficient (Wildman–Crippen LogP) is 5.52. The fraction of sp³-hybridized carbons (Fsp3) is 0.625. The van der Waals surface area contributed by atoms with E-state index in [2.05, 4.69) is 0 Å². The van der Waals surface area contributed by atoms with Crippen LogP contribution in [-0.2, 0) is 10.8 Å². The molecule has 1 N–H and O–H groups in total. The second kappa shape index (κ2) is 4.79. The molecule has 0 bridgehead atoms. The number of halogens is 8. The van der Waals surface area contributed by atoms with Gasteiger partial charge >= 0.3 is 18.3 Å². The summed E-state index contributed by atoms with van der Waals surface area (Å²) in [6.45, 7) is 1.27. The Labute approximate surface area is 137 Å². The van der Waals surface area contributed by atoms with E-state index in [0.717, 1.165) is 6.07 Å². The third kappa shape index (κ3) is 2.33. The van der Waals surface area contributed by atoms with Gasteiger partial charge in [0.25, 0.3) is 0 Å². The molecule has 9 heteroatoms. The first-order valence-corrected chi connectivity index (χ1v) is 7.55. The van der Waals surface area contributed by atoms with Gasteiger partial charge in [0.05, 0.1) is 10.8 Å². The van der Waals surface area contributed by atoms with E-state index in [0.29, 0.717) is 6.07 Å². The summed E-state index contributed by atoms with van der Waals surface area (Å²) >= 11 is 0. The molecule has 1 aromatic rings. The Morgan fingerprint density at radius 1 is 0.800 bits per heavy atom. The van der Waals surface area contributed by atoms with Crippen LogP contribution in [0, 0.1) is 6.92 Å². The van der Waals surface area contributed by atoms with Crippen LogP contribution in [0.3, 0.4) is 0 Å². The number of alkyl halides is 8. The van der Waals surface area contributed by atoms with Gasteiger partial charge in [0.15, 0.2) is 0 Å². The van der Waals surface area contributed by atoms with Crippen molar-refractivity contribution >= 4 is 0 Å². The highest BCUT2D eigenvalue weighted by molar-refractivity contribution is 5.53. The molecule has 2 saturated carbocycles. The average Bonchev–Trinajstić information content (AvgIpc) is 3.30. The zero-order valence-corrected chi connectivity index (χ0v) is 13.0. The summed E-state index contributed by atoms with van der Waals surface area (Å²) in [6.07, 6.45) is -12.1. The van der Waals surface area contributed by atoms with Crippen molar-refractivity contribution in [1.82, 2.24) is 0 Å². The monoisotopic (exact) mass is 374 g/mol. The molecule has 0 spiro atoms. The maximum absolute atomic E-state index is 14.0. The molecule has 0 amide bonds. The van der Waals surface area contributed by atoms with Crippen LogP contribution in [0.5, 0.6) is 5.75 Å². The van der Waals surface area contributed by atoms with E-state index in [4.69, 9.17) is 0 Å². The number of aromatic hydroxyl groups is 1. The highest BCUT2D eigenvalue weighted by atomic mass is 19.4. The first kappa shape index (κ1) is 18.3. The molecule has 25 heavy (non-hydrogen) atoms. The van der Waals surface area contributed by atoms with E-state index in [1.165, 1.54) is 6.92 Å². The molecule has 0 unspecified atom stereocenters. The predicted molar refractivity (Wildman–Crippen MR) is 71.7 cm³/mol. The Kier molecular flexibility index (Phi) is 3.50. The minimum Gasteiger partial charge on any atom is -0.508 e. The van der Waals surface area contributed by atoms with Crippen LogP contribution >= 0.6 is 0 Å². The van der Waals surface area contributed by atoms with Gasteiger partial charge in [0, 0.05) is 5.56 Å². The zero-order chi connectivity index (χ0) is 19.1. The normalized spacial score (nSPS) is 22.0. The molecule has 0 saturated heterocycles. The number of aryl methyl sites for hydroxylation is 1. The van der Waals surface area contributed by atoms with Crippen molar-refractivity contribution in [3.8, 4) is 5.75 Å². The first-order chi connectivity index (χ1) is 11.2. The summed E-state index contributed by atoms with van der Waals surface area (Å²) in [5.74, 6) is -5.97. The van der Waals surface area contributed by atoms with Crippen LogP contribution < -0.4 is 0 Å². The van der Waals surface area contributed by atoms with Gasteiger partial charge in [0.1, 0.15) is 5.75 Å². The third-order valence-corrected chi connectivity index (χ3v) is 5.37. The smallest absolute Gasteiger partial charge is 0.454 e. The summed E-state index contributed by atoms with van der Waals surface area (Å²) in [5.41, 5.74) is -6.02. The van der Waals surface area contributed by atoms with E-state index < -0.39 is 53.3 Å². The second-order valence-electron chi connectivity index (χ2n) is 6.92. The standard InChI is InChI=1S/C16H14F8O/c1-8-6-11(25)10(7-9(8)13(4-5-13)15(19,20)21)12(2-3-12)14(17,18)16(22,23)24/h6-7,25H,2-5H2,1H3. The average molecular weight is 374 g/mol. The highest BCUT2D eigenvalue weighted by Gasteiger charge is 2.76. The SMILES string of the molecule is Cc1cc(O)c(C2(C(F)(F)C(F)(F)F)CC2)cc1C1(C(F)(F)F)CC1. The molecular formula is C16H14F8O. The largest absolute Gasteiger partial charge is 0.508 e. The Balaban J connectivity index is 2.16. The molecule has 2 fully saturated rings. The molecule has 0 aromatic heterocycles. The van der Waals surface area contributed by atoms with E-state index in [1.807, 2.05) is 0 Å². The van der Waals surface area contributed by atoms with Gasteiger partial charge in [-0.05, 0) is 49.8 Å². The van der Waals surface area contributed by atoms with E-state index in [-0.39, 0.29) is 24.0 Å². The minimum atomic E-state index is -5.86. The first-order valence-electron chi connectivity index (χ1n) is 7.55. The second-order valence-corrected chi connectivity index (χ2v) is 6.92. The molecule has 1 nitrogen and oxygen atoms in total. The van der Waals surface area contributed by atoms with Crippen molar-refractivity contribution in [2.24, 2.45) is 0 Å². The van der Waals surface area contributed by atoms with E-state index in [1.54, 1.807) is 0 Å². The van der Waals surface area contributed by atoms with Crippen LogP contribution in [0.15, 0.2) is 12.1 Å². The van der Waals surface area contributed by atoms with Gasteiger partial charge in [0.2, 0.25) is 0 Å². The van der Waals surface area contributed by atoms with Crippen LogP contribution in [-0.4, -0.2) is 23.4 Å². The fourth-order valence-electron chi connectivity index (χ4n) is 3.57. The number of rotatable bonds is 3. The van der Waals surface area contributed by atoms with Gasteiger partial charge in [-0.15, -0.1) is 0 Å². The Morgan fingerprint density at radius 2 is 1.28 bits per heavy atom. The molecular weight excluding hydrogens is 360 g/mol. The van der Waals surface area contributed by atoms with Gasteiger partial charge in [-0.25, -0.2) is 0 Å². The minimum absolute atomic E-state index is 0.0159. The Bertz CT molecular complexity index is 708. The van der Waals surface area contributed by atoms with Gasteiger partial charge < -0.3 is 5.11 Å². The zero-order valence-electron chi connectivity index (χ0n) is 13.0. The summed E-state index contributed by atoms with van der Waals surface area (Å²) in [4.78, 5) is 0. The molecule has 2 aliphatic carbocycles. The van der Waals surface area contributed by atoms with Crippen molar-refractivity contribution in [2.45, 2.75) is 61.7 Å². The number of hydrogen-bond donors (Lipinski definition) is 1. The fourth-order valence-corrected chi connectivity index (χ4v) is 3.57. The lowest BCUT2D eigenvalue weighted by Crippen LogP contribution is -2.47. The van der Waals surface area contributed by atoms with Crippen molar-refractivity contribution in [3.05, 3.63) is 28.8 Å². The maximum atomic E-state index is 14.0. The van der Waals surface area contributed by atoms with Gasteiger partial charge in [-0.1, -0.05) is 6.07 Å². The molecule has 0 heterocycles. The van der Waals surface area contributed by atoms with Crippen LogP contribution in [0.1, 0.15) is 42.4 Å². The lowest BCUT2D eigenvalue weighted by Gasteiger charge is -2.31. The number of phenolic OH excluding ortho intramolecular Hbond substituents is 1. The van der Waals surface area contributed by atoms with Crippen LogP contribution in [0.4, 0.5) is 35.1 Å². The summed E-state index contributed by atoms with van der Waals surface area (Å²) in [5, 5.41) is 9.93. The maximum Gasteiger partial charge on any atom is 0.454 e. The molecule has 1 aromatic carbocycles. The Hall–Kier alpha value is -1.54. The molecule has 0 radical (unpaired) electrons. The van der Waals surface area contributed by atoms with E-state index in [9.17, 15) is 40.2 Å². The van der Waals surface area contributed by atoms with Crippen molar-refractivity contribution in [3.63, 3.8) is 0 Å². The summed E-state index contributed by atoms with van der Waals surface area (Å²) in [7, 11) is 0. The third-order valence-electron chi connectivity index (χ3n) is 5.37. The lowest BCUT2D eigenvalue weighted by molar-refractivity contribution is -0.296. The summed E-state index contributed by atoms with van der Waals surface area (Å²) in [6, 6.07) is 1.56. The summed E-state index contributed by atoms with van der Waals surface area (Å²) < 4.78 is 106. The highest BCUT2D eigenvalue weighted by Crippen LogP contribution is 2.66. The van der Waals surface area contributed by atoms with Gasteiger partial charge in [-0.3, -0.25) is 0 Å². The molecule has 2 aliphatic rings. The quantitative estimate of drug-likeness (QED) is 0.691. The number of benzene rings is 1. The van der Waals surface area contributed by atoms with Crippen molar-refractivity contribution in [2.75, 3.05) is 0 Å². The van der Waals surface area contributed by atoms with Crippen molar-refractivity contribution < 1.29 is 40.2 Å². The van der Waals surface area contributed by atoms with Gasteiger partial charge in [-0.2, -0.15) is 35.1 Å². The molecule has 0 aliphatic heterocycles. The molecule has 0 atom stereocenters. The van der Waals surface area contributed by atoms with E-state index >= 15 is 0 Å². The lowest BCUT2D eigenvalue weighted by atomic mass is 9.82. The topological polar surface area (TPSA) is 20.2 Å². The van der Waals surface area contributed by atoms with Crippen LogP contribution in [0.2, 0.25) is 0 Å². The number of phenols is 1. The van der Waals surface area contributed by atoms with Crippen LogP contribution in [0.25, 0.3) is 0 Å². The Morgan fingerprint density at radius 3 is 1.64 bits per heavy atom.